The normalized spacial score (nSPS) is 25.3. The second kappa shape index (κ2) is 3.05. The monoisotopic (exact) mass is 151 g/mol. The zero-order valence-corrected chi connectivity index (χ0v) is 6.53. The first kappa shape index (κ1) is 6.85. The highest BCUT2D eigenvalue weighted by Crippen LogP contribution is 2.14. The van der Waals surface area contributed by atoms with Crippen LogP contribution in [0.25, 0.3) is 0 Å². The van der Waals surface area contributed by atoms with E-state index in [-0.39, 0.29) is 0 Å². The highest BCUT2D eigenvalue weighted by Gasteiger charge is 2.13. The summed E-state index contributed by atoms with van der Waals surface area (Å²) in [5.74, 6) is 0. The van der Waals surface area contributed by atoms with Gasteiger partial charge in [-0.2, -0.15) is 5.10 Å². The summed E-state index contributed by atoms with van der Waals surface area (Å²) in [4.78, 5) is 0. The Labute approximate surface area is 66.4 Å². The maximum absolute atomic E-state index is 4.22. The van der Waals surface area contributed by atoms with Gasteiger partial charge in [-0.25, -0.2) is 0 Å². The van der Waals surface area contributed by atoms with Gasteiger partial charge in [0.25, 0.3) is 0 Å². The second-order valence-electron chi connectivity index (χ2n) is 2.99. The van der Waals surface area contributed by atoms with Crippen LogP contribution in [0.3, 0.4) is 0 Å². The third kappa shape index (κ3) is 1.43. The Morgan fingerprint density at radius 1 is 1.55 bits per heavy atom. The van der Waals surface area contributed by atoms with Crippen molar-refractivity contribution < 1.29 is 0 Å². The molecule has 2 heterocycles. The summed E-state index contributed by atoms with van der Waals surface area (Å²) in [6.07, 6.45) is 6.41. The largest absolute Gasteiger partial charge is 0.315 e. The van der Waals surface area contributed by atoms with Crippen LogP contribution in [-0.4, -0.2) is 22.9 Å². The van der Waals surface area contributed by atoms with Crippen molar-refractivity contribution in [3.05, 3.63) is 18.5 Å². The van der Waals surface area contributed by atoms with Crippen LogP contribution in [0, 0.1) is 0 Å². The van der Waals surface area contributed by atoms with Crippen molar-refractivity contribution in [2.75, 3.05) is 13.1 Å². The lowest BCUT2D eigenvalue weighted by molar-refractivity contribution is 0.347. The summed E-state index contributed by atoms with van der Waals surface area (Å²) >= 11 is 0. The molecule has 3 nitrogen and oxygen atoms in total. The standard InChI is InChI=1S/C8H13N3/c1-3-8(7-9-4-1)11-6-2-5-10-11/h2,5-6,8-9H,1,3-4,7H2/t8-/m1/s1. The summed E-state index contributed by atoms with van der Waals surface area (Å²) < 4.78 is 2.05. The van der Waals surface area contributed by atoms with E-state index < -0.39 is 0 Å². The van der Waals surface area contributed by atoms with Gasteiger partial charge >= 0.3 is 0 Å². The minimum Gasteiger partial charge on any atom is -0.315 e. The van der Waals surface area contributed by atoms with Crippen LogP contribution in [0.15, 0.2) is 18.5 Å². The number of nitrogens with zero attached hydrogens (tertiary/aromatic N) is 2. The Morgan fingerprint density at radius 3 is 3.18 bits per heavy atom. The minimum atomic E-state index is 0.582. The van der Waals surface area contributed by atoms with Gasteiger partial charge < -0.3 is 5.32 Å². The molecule has 0 aliphatic carbocycles. The maximum Gasteiger partial charge on any atom is 0.0644 e. The average Bonchev–Trinajstić information content (AvgIpc) is 2.58. The molecule has 1 aromatic rings. The molecule has 1 N–H and O–H groups in total. The minimum absolute atomic E-state index is 0.582. The maximum atomic E-state index is 4.22. The van der Waals surface area contributed by atoms with E-state index in [0.717, 1.165) is 13.1 Å². The molecule has 1 saturated heterocycles. The Hall–Kier alpha value is -0.830. The predicted octanol–water partition coefficient (Wildman–Crippen LogP) is 0.808. The summed E-state index contributed by atoms with van der Waals surface area (Å²) in [5, 5.41) is 7.58. The number of hydrogen-bond acceptors (Lipinski definition) is 2. The fourth-order valence-electron chi connectivity index (χ4n) is 1.56. The lowest BCUT2D eigenvalue weighted by Crippen LogP contribution is -2.31. The van der Waals surface area contributed by atoms with Gasteiger partial charge in [-0.05, 0) is 25.5 Å². The molecule has 1 aliphatic rings. The first-order chi connectivity index (χ1) is 5.47. The summed E-state index contributed by atoms with van der Waals surface area (Å²) in [7, 11) is 0. The van der Waals surface area contributed by atoms with Gasteiger partial charge in [0.05, 0.1) is 6.04 Å². The van der Waals surface area contributed by atoms with Gasteiger partial charge in [0.2, 0.25) is 0 Å². The van der Waals surface area contributed by atoms with Crippen LogP contribution in [-0.2, 0) is 0 Å². The summed E-state index contributed by atoms with van der Waals surface area (Å²) in [6.45, 7) is 2.24. The van der Waals surface area contributed by atoms with Gasteiger partial charge in [0.1, 0.15) is 0 Å². The van der Waals surface area contributed by atoms with Crippen molar-refractivity contribution in [1.82, 2.24) is 15.1 Å². The fourth-order valence-corrected chi connectivity index (χ4v) is 1.56. The third-order valence-corrected chi connectivity index (χ3v) is 2.17. The Balaban J connectivity index is 2.04. The van der Waals surface area contributed by atoms with Crippen molar-refractivity contribution in [3.63, 3.8) is 0 Å². The van der Waals surface area contributed by atoms with Crippen LogP contribution in [0.4, 0.5) is 0 Å². The van der Waals surface area contributed by atoms with Crippen LogP contribution in [0.2, 0.25) is 0 Å². The number of nitrogens with one attached hydrogen (secondary N) is 1. The average molecular weight is 151 g/mol. The fraction of sp³-hybridized carbons (Fsp3) is 0.625. The molecule has 11 heavy (non-hydrogen) atoms. The van der Waals surface area contributed by atoms with Gasteiger partial charge in [0, 0.05) is 18.9 Å². The first-order valence-electron chi connectivity index (χ1n) is 4.16. The number of hydrogen-bond donors (Lipinski definition) is 1. The van der Waals surface area contributed by atoms with Crippen LogP contribution >= 0.6 is 0 Å². The molecule has 1 fully saturated rings. The van der Waals surface area contributed by atoms with Crippen LogP contribution < -0.4 is 5.32 Å². The zero-order valence-electron chi connectivity index (χ0n) is 6.53. The Bertz CT molecular complexity index is 199. The molecule has 2 rings (SSSR count). The number of rotatable bonds is 1. The molecule has 0 unspecified atom stereocenters. The van der Waals surface area contributed by atoms with E-state index in [1.54, 1.807) is 0 Å². The predicted molar refractivity (Wildman–Crippen MR) is 43.4 cm³/mol. The van der Waals surface area contributed by atoms with Crippen molar-refractivity contribution in [2.24, 2.45) is 0 Å². The molecular weight excluding hydrogens is 138 g/mol. The molecule has 0 amide bonds. The number of piperidine rings is 1. The third-order valence-electron chi connectivity index (χ3n) is 2.17. The van der Waals surface area contributed by atoms with Gasteiger partial charge in [-0.1, -0.05) is 0 Å². The van der Waals surface area contributed by atoms with Crippen LogP contribution in [0.5, 0.6) is 0 Å². The second-order valence-corrected chi connectivity index (χ2v) is 2.99. The first-order valence-corrected chi connectivity index (χ1v) is 4.16. The van der Waals surface area contributed by atoms with E-state index >= 15 is 0 Å². The molecule has 0 bridgehead atoms. The topological polar surface area (TPSA) is 29.9 Å². The summed E-state index contributed by atoms with van der Waals surface area (Å²) in [6, 6.07) is 2.56. The highest BCUT2D eigenvalue weighted by molar-refractivity contribution is 4.83. The highest BCUT2D eigenvalue weighted by atomic mass is 15.3. The zero-order chi connectivity index (χ0) is 7.52. The Morgan fingerprint density at radius 2 is 2.55 bits per heavy atom. The smallest absolute Gasteiger partial charge is 0.0644 e. The lowest BCUT2D eigenvalue weighted by atomic mass is 10.1. The Kier molecular flexibility index (Phi) is 1.90. The molecule has 0 saturated carbocycles. The molecule has 1 aromatic heterocycles. The van der Waals surface area contributed by atoms with E-state index in [0.29, 0.717) is 6.04 Å². The molecular formula is C8H13N3. The molecule has 1 atom stereocenters. The summed E-state index contributed by atoms with van der Waals surface area (Å²) in [5.41, 5.74) is 0. The van der Waals surface area contributed by atoms with Gasteiger partial charge in [-0.15, -0.1) is 0 Å². The van der Waals surface area contributed by atoms with E-state index in [2.05, 4.69) is 10.4 Å². The number of aromatic nitrogens is 2. The quantitative estimate of drug-likeness (QED) is 0.643. The SMILES string of the molecule is c1cnn([C@@H]2CCCNC2)c1. The van der Waals surface area contributed by atoms with Crippen molar-refractivity contribution in [1.29, 1.82) is 0 Å². The van der Waals surface area contributed by atoms with E-state index in [9.17, 15) is 0 Å². The van der Waals surface area contributed by atoms with Gasteiger partial charge in [-0.3, -0.25) is 4.68 Å². The van der Waals surface area contributed by atoms with Gasteiger partial charge in [0.15, 0.2) is 0 Å². The molecule has 0 radical (unpaired) electrons. The molecule has 1 aliphatic heterocycles. The molecule has 0 aromatic carbocycles. The molecule has 60 valence electrons. The van der Waals surface area contributed by atoms with Crippen LogP contribution in [0.1, 0.15) is 18.9 Å². The van der Waals surface area contributed by atoms with Crippen molar-refractivity contribution >= 4 is 0 Å². The van der Waals surface area contributed by atoms with Crippen molar-refractivity contribution in [2.45, 2.75) is 18.9 Å². The molecule has 0 spiro atoms. The molecule has 3 heteroatoms. The van der Waals surface area contributed by atoms with Crippen molar-refractivity contribution in [3.8, 4) is 0 Å². The van der Waals surface area contributed by atoms with E-state index in [1.165, 1.54) is 12.8 Å². The lowest BCUT2D eigenvalue weighted by Gasteiger charge is -2.22. The van der Waals surface area contributed by atoms with E-state index in [4.69, 9.17) is 0 Å². The van der Waals surface area contributed by atoms with E-state index in [1.807, 2.05) is 23.1 Å².